The Morgan fingerprint density at radius 1 is 0.373 bits per heavy atom. The molecule has 0 spiro atoms. The van der Waals surface area contributed by atoms with Gasteiger partial charge in [0.05, 0.1) is 0 Å². The molecule has 8 aromatic carbocycles. The zero-order chi connectivity index (χ0) is 34.1. The molecule has 1 aliphatic rings. The van der Waals surface area contributed by atoms with Crippen LogP contribution < -0.4 is 0 Å². The van der Waals surface area contributed by atoms with Gasteiger partial charge in [0, 0.05) is 22.1 Å². The average molecular weight is 652 g/mol. The molecule has 3 heteroatoms. The molecule has 10 rings (SSSR count). The third-order valence-corrected chi connectivity index (χ3v) is 10.7. The standard InChI is InChI=1S/C48H33N3/c1-48(2)42-22-11-10-19-38(42)40-21-12-20-37(44(40)48)31-23-25-33(26-24-31)46-49-45(32-14-4-3-5-15-32)50-47(51-46)43-36-18-9-7-16-34(36)29-41-35-17-8-6-13-30(35)27-28-39(41)43/h3-29H,1-2H3. The number of benzene rings is 8. The van der Waals surface area contributed by atoms with Crippen molar-refractivity contribution in [3.8, 4) is 56.4 Å². The molecule has 0 fully saturated rings. The highest BCUT2D eigenvalue weighted by molar-refractivity contribution is 6.19. The molecule has 0 unspecified atom stereocenters. The van der Waals surface area contributed by atoms with Crippen molar-refractivity contribution >= 4 is 32.3 Å². The fourth-order valence-electron chi connectivity index (χ4n) is 8.28. The summed E-state index contributed by atoms with van der Waals surface area (Å²) in [7, 11) is 0. The largest absolute Gasteiger partial charge is 0.208 e. The van der Waals surface area contributed by atoms with Crippen LogP contribution in [-0.4, -0.2) is 15.0 Å². The molecule has 0 bridgehead atoms. The lowest BCUT2D eigenvalue weighted by Crippen LogP contribution is -2.16. The maximum Gasteiger partial charge on any atom is 0.165 e. The molecule has 3 nitrogen and oxygen atoms in total. The second-order valence-electron chi connectivity index (χ2n) is 14.0. The van der Waals surface area contributed by atoms with Gasteiger partial charge in [-0.1, -0.05) is 172 Å². The van der Waals surface area contributed by atoms with Gasteiger partial charge in [-0.2, -0.15) is 0 Å². The fraction of sp³-hybridized carbons (Fsp3) is 0.0625. The summed E-state index contributed by atoms with van der Waals surface area (Å²) in [6.07, 6.45) is 0. The summed E-state index contributed by atoms with van der Waals surface area (Å²) in [6, 6.07) is 58.3. The highest BCUT2D eigenvalue weighted by Crippen LogP contribution is 2.52. The summed E-state index contributed by atoms with van der Waals surface area (Å²) >= 11 is 0. The van der Waals surface area contributed by atoms with Crippen molar-refractivity contribution in [3.63, 3.8) is 0 Å². The van der Waals surface area contributed by atoms with Crippen LogP contribution in [0.2, 0.25) is 0 Å². The molecule has 1 heterocycles. The smallest absolute Gasteiger partial charge is 0.165 e. The molecule has 1 aromatic heterocycles. The molecule has 0 N–H and O–H groups in total. The van der Waals surface area contributed by atoms with E-state index in [-0.39, 0.29) is 5.41 Å². The number of nitrogens with zero attached hydrogens (tertiary/aromatic N) is 3. The normalized spacial score (nSPS) is 13.1. The van der Waals surface area contributed by atoms with E-state index >= 15 is 0 Å². The maximum atomic E-state index is 5.27. The average Bonchev–Trinajstić information content (AvgIpc) is 3.43. The SMILES string of the molecule is CC1(C)c2ccccc2-c2cccc(-c3ccc(-c4nc(-c5ccccc5)nc(-c5c6ccccc6cc6c5ccc5ccccc56)n4)cc3)c21. The lowest BCUT2D eigenvalue weighted by molar-refractivity contribution is 0.662. The molecule has 1 aliphatic carbocycles. The Labute approximate surface area is 297 Å². The third kappa shape index (κ3) is 4.62. The van der Waals surface area contributed by atoms with Crippen LogP contribution >= 0.6 is 0 Å². The van der Waals surface area contributed by atoms with E-state index in [9.17, 15) is 0 Å². The minimum absolute atomic E-state index is 0.0958. The van der Waals surface area contributed by atoms with Crippen molar-refractivity contribution in [1.82, 2.24) is 15.0 Å². The first-order chi connectivity index (χ1) is 25.0. The molecule has 51 heavy (non-hydrogen) atoms. The highest BCUT2D eigenvalue weighted by Gasteiger charge is 2.37. The van der Waals surface area contributed by atoms with Crippen molar-refractivity contribution < 1.29 is 0 Å². The van der Waals surface area contributed by atoms with E-state index in [1.54, 1.807) is 0 Å². The molecule has 0 atom stereocenters. The topological polar surface area (TPSA) is 38.7 Å². The zero-order valence-corrected chi connectivity index (χ0v) is 28.4. The summed E-state index contributed by atoms with van der Waals surface area (Å²) in [5.41, 5.74) is 10.7. The first-order valence-electron chi connectivity index (χ1n) is 17.5. The number of hydrogen-bond donors (Lipinski definition) is 0. The first kappa shape index (κ1) is 29.5. The van der Waals surface area contributed by atoms with Crippen LogP contribution in [0.15, 0.2) is 164 Å². The van der Waals surface area contributed by atoms with E-state index in [0.717, 1.165) is 32.8 Å². The van der Waals surface area contributed by atoms with Gasteiger partial charge in [0.1, 0.15) is 0 Å². The Kier molecular flexibility index (Phi) is 6.53. The van der Waals surface area contributed by atoms with Crippen LogP contribution in [0.5, 0.6) is 0 Å². The molecule has 0 amide bonds. The highest BCUT2D eigenvalue weighted by atomic mass is 15.0. The summed E-state index contributed by atoms with van der Waals surface area (Å²) in [5.74, 6) is 1.97. The maximum absolute atomic E-state index is 5.27. The minimum Gasteiger partial charge on any atom is -0.208 e. The van der Waals surface area contributed by atoms with E-state index in [1.807, 2.05) is 18.2 Å². The van der Waals surface area contributed by atoms with E-state index in [4.69, 9.17) is 15.0 Å². The van der Waals surface area contributed by atoms with Gasteiger partial charge in [-0.25, -0.2) is 15.0 Å². The van der Waals surface area contributed by atoms with E-state index < -0.39 is 0 Å². The summed E-state index contributed by atoms with van der Waals surface area (Å²) in [6.45, 7) is 4.68. The van der Waals surface area contributed by atoms with E-state index in [0.29, 0.717) is 17.5 Å². The summed E-state index contributed by atoms with van der Waals surface area (Å²) in [4.78, 5) is 15.6. The van der Waals surface area contributed by atoms with Gasteiger partial charge in [0.15, 0.2) is 17.5 Å². The minimum atomic E-state index is -0.0958. The summed E-state index contributed by atoms with van der Waals surface area (Å²) < 4.78 is 0. The molecular formula is C48H33N3. The second kappa shape index (κ2) is 11.3. The number of fused-ring (bicyclic) bond motifs is 7. The Hall–Kier alpha value is -6.45. The molecule has 0 aliphatic heterocycles. The molecule has 0 radical (unpaired) electrons. The Morgan fingerprint density at radius 3 is 1.76 bits per heavy atom. The summed E-state index contributed by atoms with van der Waals surface area (Å²) in [5, 5.41) is 7.02. The molecule has 0 saturated carbocycles. The quantitative estimate of drug-likeness (QED) is 0.140. The van der Waals surface area contributed by atoms with Gasteiger partial charge in [-0.15, -0.1) is 0 Å². The van der Waals surface area contributed by atoms with Crippen LogP contribution in [-0.2, 0) is 5.41 Å². The Morgan fingerprint density at radius 2 is 0.961 bits per heavy atom. The molecular weight excluding hydrogens is 619 g/mol. The van der Waals surface area contributed by atoms with Crippen LogP contribution in [0.25, 0.3) is 88.7 Å². The molecule has 240 valence electrons. The number of aromatic nitrogens is 3. The van der Waals surface area contributed by atoms with Gasteiger partial charge in [0.2, 0.25) is 0 Å². The second-order valence-corrected chi connectivity index (χ2v) is 14.0. The van der Waals surface area contributed by atoms with Gasteiger partial charge in [-0.05, 0) is 71.8 Å². The van der Waals surface area contributed by atoms with Crippen molar-refractivity contribution in [2.75, 3.05) is 0 Å². The van der Waals surface area contributed by atoms with Crippen molar-refractivity contribution in [3.05, 3.63) is 175 Å². The van der Waals surface area contributed by atoms with Crippen molar-refractivity contribution in [2.24, 2.45) is 0 Å². The number of hydrogen-bond acceptors (Lipinski definition) is 3. The molecule has 9 aromatic rings. The van der Waals surface area contributed by atoms with Crippen LogP contribution in [0, 0.1) is 0 Å². The van der Waals surface area contributed by atoms with Gasteiger partial charge >= 0.3 is 0 Å². The molecule has 0 saturated heterocycles. The third-order valence-electron chi connectivity index (χ3n) is 10.7. The van der Waals surface area contributed by atoms with Crippen molar-refractivity contribution in [1.29, 1.82) is 0 Å². The zero-order valence-electron chi connectivity index (χ0n) is 28.4. The van der Waals surface area contributed by atoms with Crippen LogP contribution in [0.3, 0.4) is 0 Å². The predicted molar refractivity (Wildman–Crippen MR) is 212 cm³/mol. The Balaban J connectivity index is 1.16. The van der Waals surface area contributed by atoms with E-state index in [1.165, 1.54) is 49.5 Å². The monoisotopic (exact) mass is 651 g/mol. The van der Waals surface area contributed by atoms with E-state index in [2.05, 4.69) is 159 Å². The van der Waals surface area contributed by atoms with Gasteiger partial charge in [-0.3, -0.25) is 0 Å². The first-order valence-corrected chi connectivity index (χ1v) is 17.5. The fourth-order valence-corrected chi connectivity index (χ4v) is 8.28. The predicted octanol–water partition coefficient (Wildman–Crippen LogP) is 12.3. The van der Waals surface area contributed by atoms with Crippen LogP contribution in [0.4, 0.5) is 0 Å². The lowest BCUT2D eigenvalue weighted by Gasteiger charge is -2.24. The number of rotatable bonds is 4. The van der Waals surface area contributed by atoms with Gasteiger partial charge in [0.25, 0.3) is 0 Å². The van der Waals surface area contributed by atoms with Crippen molar-refractivity contribution in [2.45, 2.75) is 19.3 Å². The Bertz CT molecular complexity index is 2820. The van der Waals surface area contributed by atoms with Crippen LogP contribution in [0.1, 0.15) is 25.0 Å². The lowest BCUT2D eigenvalue weighted by atomic mass is 9.79. The van der Waals surface area contributed by atoms with Gasteiger partial charge < -0.3 is 0 Å².